The molecule has 3 aromatic rings. The van der Waals surface area contributed by atoms with Gasteiger partial charge in [0.2, 0.25) is 0 Å². The number of Topliss-reactive ketones (excluding diaryl/α,β-unsaturated/α-hetero) is 1. The number of aliphatic hydroxyl groups is 1. The van der Waals surface area contributed by atoms with Crippen LogP contribution in [0.2, 0.25) is 0 Å². The Morgan fingerprint density at radius 1 is 0.862 bits per heavy atom. The van der Waals surface area contributed by atoms with Gasteiger partial charge in [-0.05, 0) is 35.4 Å². The van der Waals surface area contributed by atoms with Crippen molar-refractivity contribution >= 4 is 17.4 Å². The Morgan fingerprint density at radius 2 is 1.45 bits per heavy atom. The molecule has 1 saturated heterocycles. The highest BCUT2D eigenvalue weighted by molar-refractivity contribution is 6.46. The molecule has 1 unspecified atom stereocenters. The van der Waals surface area contributed by atoms with Gasteiger partial charge in [-0.3, -0.25) is 9.59 Å². The molecular weight excluding hydrogens is 369 g/mol. The average molecular weight is 387 g/mol. The summed E-state index contributed by atoms with van der Waals surface area (Å²) in [5.74, 6) is -2.19. The maximum absolute atomic E-state index is 13.3. The molecule has 1 aliphatic rings. The maximum Gasteiger partial charge on any atom is 0.295 e. The topological polar surface area (TPSA) is 57.6 Å². The lowest BCUT2D eigenvalue weighted by Crippen LogP contribution is -2.29. The molecule has 1 heterocycles. The normalized spacial score (nSPS) is 18.2. The second-order valence-electron chi connectivity index (χ2n) is 6.83. The van der Waals surface area contributed by atoms with Gasteiger partial charge < -0.3 is 10.0 Å². The molecule has 4 nitrogen and oxygen atoms in total. The third kappa shape index (κ3) is 3.55. The number of benzene rings is 3. The van der Waals surface area contributed by atoms with Crippen LogP contribution in [0.5, 0.6) is 0 Å². The van der Waals surface area contributed by atoms with Crippen LogP contribution in [0, 0.1) is 5.82 Å². The zero-order valence-electron chi connectivity index (χ0n) is 15.5. The lowest BCUT2D eigenvalue weighted by atomic mass is 9.95. The molecule has 3 aromatic carbocycles. The minimum absolute atomic E-state index is 0.00346. The number of hydrogen-bond donors (Lipinski definition) is 1. The number of carbonyl (C=O) groups is 2. The third-order valence-electron chi connectivity index (χ3n) is 4.97. The number of halogens is 1. The summed E-state index contributed by atoms with van der Waals surface area (Å²) >= 11 is 0. The van der Waals surface area contributed by atoms with E-state index in [1.165, 1.54) is 29.2 Å². The zero-order chi connectivity index (χ0) is 20.4. The molecule has 1 fully saturated rings. The lowest BCUT2D eigenvalue weighted by Gasteiger charge is -2.25. The molecule has 4 rings (SSSR count). The van der Waals surface area contributed by atoms with Gasteiger partial charge in [0.1, 0.15) is 11.6 Å². The van der Waals surface area contributed by atoms with E-state index in [1.54, 1.807) is 0 Å². The summed E-state index contributed by atoms with van der Waals surface area (Å²) in [6.45, 7) is 0.227. The highest BCUT2D eigenvalue weighted by Crippen LogP contribution is 2.40. The summed E-state index contributed by atoms with van der Waals surface area (Å²) in [4.78, 5) is 27.2. The molecule has 0 aromatic heterocycles. The number of carbonyl (C=O) groups excluding carboxylic acids is 2. The number of aliphatic hydroxyl groups excluding tert-OH is 1. The molecule has 0 spiro atoms. The van der Waals surface area contributed by atoms with Crippen LogP contribution >= 0.6 is 0 Å². The van der Waals surface area contributed by atoms with Gasteiger partial charge in [-0.2, -0.15) is 0 Å². The zero-order valence-corrected chi connectivity index (χ0v) is 15.5. The average Bonchev–Trinajstić information content (AvgIpc) is 3.00. The van der Waals surface area contributed by atoms with Gasteiger partial charge in [0.25, 0.3) is 11.7 Å². The van der Waals surface area contributed by atoms with Gasteiger partial charge in [-0.25, -0.2) is 4.39 Å². The van der Waals surface area contributed by atoms with E-state index in [1.807, 2.05) is 60.7 Å². The first-order valence-corrected chi connectivity index (χ1v) is 9.19. The Morgan fingerprint density at radius 3 is 2.07 bits per heavy atom. The minimum Gasteiger partial charge on any atom is -0.507 e. The largest absolute Gasteiger partial charge is 0.507 e. The molecule has 29 heavy (non-hydrogen) atoms. The van der Waals surface area contributed by atoms with Crippen LogP contribution in [-0.4, -0.2) is 21.7 Å². The predicted molar refractivity (Wildman–Crippen MR) is 107 cm³/mol. The van der Waals surface area contributed by atoms with Gasteiger partial charge in [-0.1, -0.05) is 60.7 Å². The van der Waals surface area contributed by atoms with Gasteiger partial charge in [-0.15, -0.1) is 0 Å². The quantitative estimate of drug-likeness (QED) is 0.409. The third-order valence-corrected chi connectivity index (χ3v) is 4.97. The van der Waals surface area contributed by atoms with E-state index >= 15 is 0 Å². The van der Waals surface area contributed by atoms with Crippen molar-refractivity contribution in [2.75, 3.05) is 0 Å². The van der Waals surface area contributed by atoms with Crippen LogP contribution in [0.4, 0.5) is 4.39 Å². The van der Waals surface area contributed by atoms with Crippen molar-refractivity contribution in [2.24, 2.45) is 0 Å². The Hall–Kier alpha value is -3.73. The van der Waals surface area contributed by atoms with Crippen molar-refractivity contribution in [2.45, 2.75) is 12.6 Å². The van der Waals surface area contributed by atoms with Gasteiger partial charge in [0.15, 0.2) is 0 Å². The highest BCUT2D eigenvalue weighted by atomic mass is 19.1. The lowest BCUT2D eigenvalue weighted by molar-refractivity contribution is -0.140. The summed E-state index contributed by atoms with van der Waals surface area (Å²) in [6.07, 6.45) is 0. The van der Waals surface area contributed by atoms with Crippen molar-refractivity contribution in [3.8, 4) is 0 Å². The summed E-state index contributed by atoms with van der Waals surface area (Å²) in [7, 11) is 0. The van der Waals surface area contributed by atoms with E-state index in [0.29, 0.717) is 5.56 Å². The molecule has 1 atom stereocenters. The molecule has 0 radical (unpaired) electrons. The summed E-state index contributed by atoms with van der Waals surface area (Å²) in [6, 6.07) is 22.9. The fourth-order valence-corrected chi connectivity index (χ4v) is 3.57. The predicted octanol–water partition coefficient (Wildman–Crippen LogP) is 4.45. The minimum atomic E-state index is -0.753. The second-order valence-corrected chi connectivity index (χ2v) is 6.83. The van der Waals surface area contributed by atoms with Gasteiger partial charge in [0.05, 0.1) is 11.6 Å². The van der Waals surface area contributed by atoms with E-state index in [2.05, 4.69) is 0 Å². The molecule has 1 aliphatic heterocycles. The Labute approximate surface area is 167 Å². The van der Waals surface area contributed by atoms with Crippen molar-refractivity contribution in [3.05, 3.63) is 113 Å². The molecule has 0 aliphatic carbocycles. The number of nitrogens with zero attached hydrogens (tertiary/aromatic N) is 1. The van der Waals surface area contributed by atoms with Crippen molar-refractivity contribution in [3.63, 3.8) is 0 Å². The summed E-state index contributed by atoms with van der Waals surface area (Å²) < 4.78 is 13.3. The number of hydrogen-bond acceptors (Lipinski definition) is 3. The molecule has 5 heteroatoms. The molecule has 1 amide bonds. The second kappa shape index (κ2) is 7.72. The Bertz CT molecular complexity index is 1080. The number of amides is 1. The standard InChI is InChI=1S/C24H18FNO3/c25-19-13-11-18(12-14-19)22(27)20-21(17-9-5-2-6-10-17)26(24(29)23(20)28)15-16-7-3-1-4-8-16/h1-14,21,27H,15H2. The molecule has 1 N–H and O–H groups in total. The first-order valence-electron chi connectivity index (χ1n) is 9.19. The van der Waals surface area contributed by atoms with E-state index in [9.17, 15) is 19.1 Å². The van der Waals surface area contributed by atoms with Crippen LogP contribution in [0.1, 0.15) is 22.7 Å². The van der Waals surface area contributed by atoms with Gasteiger partial charge >= 0.3 is 0 Å². The molecule has 144 valence electrons. The first kappa shape index (κ1) is 18.6. The maximum atomic E-state index is 13.3. The van der Waals surface area contributed by atoms with Crippen molar-refractivity contribution in [1.82, 2.24) is 4.90 Å². The highest BCUT2D eigenvalue weighted by Gasteiger charge is 2.45. The van der Waals surface area contributed by atoms with Crippen LogP contribution in [0.25, 0.3) is 5.76 Å². The summed E-state index contributed by atoms with van der Waals surface area (Å²) in [5, 5.41) is 10.9. The van der Waals surface area contributed by atoms with Crippen LogP contribution in [-0.2, 0) is 16.1 Å². The number of rotatable bonds is 4. The SMILES string of the molecule is O=C1C(=O)N(Cc2ccccc2)C(c2ccccc2)C1=C(O)c1ccc(F)cc1. The Kier molecular flexibility index (Phi) is 4.96. The van der Waals surface area contributed by atoms with Crippen LogP contribution in [0.15, 0.2) is 90.5 Å². The van der Waals surface area contributed by atoms with E-state index in [-0.39, 0.29) is 23.4 Å². The van der Waals surface area contributed by atoms with Crippen LogP contribution < -0.4 is 0 Å². The number of ketones is 1. The Balaban J connectivity index is 1.85. The molecule has 0 bridgehead atoms. The van der Waals surface area contributed by atoms with Crippen molar-refractivity contribution in [1.29, 1.82) is 0 Å². The van der Waals surface area contributed by atoms with E-state index in [0.717, 1.165) is 5.56 Å². The van der Waals surface area contributed by atoms with E-state index < -0.39 is 23.5 Å². The van der Waals surface area contributed by atoms with Crippen LogP contribution in [0.3, 0.4) is 0 Å². The molecular formula is C24H18FNO3. The number of likely N-dealkylation sites (tertiary alicyclic amines) is 1. The van der Waals surface area contributed by atoms with Gasteiger partial charge in [0, 0.05) is 12.1 Å². The fraction of sp³-hybridized carbons (Fsp3) is 0.0833. The molecule has 0 saturated carbocycles. The smallest absolute Gasteiger partial charge is 0.295 e. The van der Waals surface area contributed by atoms with Crippen molar-refractivity contribution < 1.29 is 19.1 Å². The summed E-state index contributed by atoms with van der Waals surface area (Å²) in [5.41, 5.74) is 1.87. The first-order chi connectivity index (χ1) is 14.1. The monoisotopic (exact) mass is 387 g/mol. The van der Waals surface area contributed by atoms with E-state index in [4.69, 9.17) is 0 Å². The fourth-order valence-electron chi connectivity index (χ4n) is 3.57.